The molecule has 0 fully saturated rings. The smallest absolute Gasteiger partial charge is 0.255 e. The number of carbonyl (C=O) groups excluding carboxylic acids is 1. The van der Waals surface area contributed by atoms with Crippen molar-refractivity contribution in [3.05, 3.63) is 60.3 Å². The molecule has 0 unspecified atom stereocenters. The second kappa shape index (κ2) is 4.49. The van der Waals surface area contributed by atoms with E-state index >= 15 is 0 Å². The fourth-order valence-corrected chi connectivity index (χ4v) is 1.96. The first kappa shape index (κ1) is 11.3. The second-order valence-corrected chi connectivity index (χ2v) is 4.36. The van der Waals surface area contributed by atoms with Crippen LogP contribution in [0.4, 0.5) is 11.4 Å². The Hall–Kier alpha value is -2.75. The zero-order chi connectivity index (χ0) is 13.2. The maximum Gasteiger partial charge on any atom is 0.255 e. The van der Waals surface area contributed by atoms with Crippen molar-refractivity contribution in [2.24, 2.45) is 0 Å². The highest BCUT2D eigenvalue weighted by atomic mass is 16.1. The number of H-pyrrole nitrogens is 1. The van der Waals surface area contributed by atoms with Gasteiger partial charge in [-0.2, -0.15) is 0 Å². The van der Waals surface area contributed by atoms with E-state index in [0.29, 0.717) is 11.3 Å². The minimum atomic E-state index is -0.132. The van der Waals surface area contributed by atoms with Crippen LogP contribution in [-0.2, 0) is 0 Å². The molecular weight excluding hydrogens is 238 g/mol. The number of hydrogen-bond acceptors (Lipinski definition) is 2. The zero-order valence-corrected chi connectivity index (χ0v) is 10.2. The Kier molecular flexibility index (Phi) is 2.68. The second-order valence-electron chi connectivity index (χ2n) is 4.36. The number of amides is 1. The van der Waals surface area contributed by atoms with Gasteiger partial charge in [-0.05, 0) is 48.5 Å². The summed E-state index contributed by atoms with van der Waals surface area (Å²) in [5.41, 5.74) is 8.65. The van der Waals surface area contributed by atoms with Crippen LogP contribution >= 0.6 is 0 Å². The standard InChI is InChI=1S/C15H13N3O/c16-12-2-4-13(5-3-12)18-15(19)11-1-6-14-10(9-11)7-8-17-14/h1-9,17H,16H2,(H,18,19). The Balaban J connectivity index is 1.84. The topological polar surface area (TPSA) is 70.9 Å². The highest BCUT2D eigenvalue weighted by Crippen LogP contribution is 2.16. The van der Waals surface area contributed by atoms with Crippen LogP contribution in [0.5, 0.6) is 0 Å². The summed E-state index contributed by atoms with van der Waals surface area (Å²) in [7, 11) is 0. The Morgan fingerprint density at radius 2 is 1.84 bits per heavy atom. The van der Waals surface area contributed by atoms with Crippen molar-refractivity contribution in [3.8, 4) is 0 Å². The summed E-state index contributed by atoms with van der Waals surface area (Å²) < 4.78 is 0. The summed E-state index contributed by atoms with van der Waals surface area (Å²) in [4.78, 5) is 15.2. The molecule has 0 aliphatic heterocycles. The molecule has 0 saturated carbocycles. The summed E-state index contributed by atoms with van der Waals surface area (Å²) in [6.45, 7) is 0. The van der Waals surface area contributed by atoms with E-state index in [0.717, 1.165) is 16.6 Å². The molecular formula is C15H13N3O. The lowest BCUT2D eigenvalue weighted by atomic mass is 10.1. The van der Waals surface area contributed by atoms with E-state index in [1.807, 2.05) is 24.4 Å². The Bertz CT molecular complexity index is 728. The molecule has 4 heteroatoms. The van der Waals surface area contributed by atoms with Gasteiger partial charge in [-0.1, -0.05) is 0 Å². The molecule has 0 saturated heterocycles. The molecule has 1 amide bonds. The first-order valence-electron chi connectivity index (χ1n) is 5.96. The van der Waals surface area contributed by atoms with E-state index in [1.54, 1.807) is 30.3 Å². The molecule has 3 aromatic rings. The van der Waals surface area contributed by atoms with Gasteiger partial charge in [0.1, 0.15) is 0 Å². The molecule has 1 heterocycles. The van der Waals surface area contributed by atoms with Crippen LogP contribution in [0.15, 0.2) is 54.7 Å². The SMILES string of the molecule is Nc1ccc(NC(=O)c2ccc3[nH]ccc3c2)cc1. The monoisotopic (exact) mass is 251 g/mol. The Labute approximate surface area is 110 Å². The molecule has 4 N–H and O–H groups in total. The molecule has 0 bridgehead atoms. The maximum atomic E-state index is 12.1. The van der Waals surface area contributed by atoms with Crippen LogP contribution in [0.2, 0.25) is 0 Å². The van der Waals surface area contributed by atoms with Gasteiger partial charge in [0.15, 0.2) is 0 Å². The number of hydrogen-bond donors (Lipinski definition) is 3. The molecule has 4 nitrogen and oxygen atoms in total. The van der Waals surface area contributed by atoms with Gasteiger partial charge in [0.05, 0.1) is 0 Å². The average Bonchev–Trinajstić information content (AvgIpc) is 2.88. The average molecular weight is 251 g/mol. The lowest BCUT2D eigenvalue weighted by Crippen LogP contribution is -2.11. The van der Waals surface area contributed by atoms with Gasteiger partial charge in [-0.15, -0.1) is 0 Å². The first-order valence-corrected chi connectivity index (χ1v) is 5.96. The van der Waals surface area contributed by atoms with Gasteiger partial charge < -0.3 is 16.0 Å². The molecule has 0 aliphatic rings. The van der Waals surface area contributed by atoms with Crippen LogP contribution in [0, 0.1) is 0 Å². The van der Waals surface area contributed by atoms with Gasteiger partial charge in [-0.3, -0.25) is 4.79 Å². The molecule has 94 valence electrons. The van der Waals surface area contributed by atoms with E-state index < -0.39 is 0 Å². The molecule has 1 aromatic heterocycles. The van der Waals surface area contributed by atoms with Crippen LogP contribution in [-0.4, -0.2) is 10.9 Å². The highest BCUT2D eigenvalue weighted by Gasteiger charge is 2.07. The molecule has 0 atom stereocenters. The molecule has 0 spiro atoms. The highest BCUT2D eigenvalue weighted by molar-refractivity contribution is 6.06. The van der Waals surface area contributed by atoms with Crippen molar-refractivity contribution in [2.45, 2.75) is 0 Å². The predicted octanol–water partition coefficient (Wildman–Crippen LogP) is 3.00. The summed E-state index contributed by atoms with van der Waals surface area (Å²) in [6.07, 6.45) is 1.85. The van der Waals surface area contributed by atoms with Gasteiger partial charge in [0.25, 0.3) is 5.91 Å². The van der Waals surface area contributed by atoms with E-state index in [1.165, 1.54) is 0 Å². The maximum absolute atomic E-state index is 12.1. The third-order valence-electron chi connectivity index (χ3n) is 2.98. The number of aromatic amines is 1. The number of benzene rings is 2. The first-order chi connectivity index (χ1) is 9.22. The van der Waals surface area contributed by atoms with E-state index in [-0.39, 0.29) is 5.91 Å². The van der Waals surface area contributed by atoms with Gasteiger partial charge in [0.2, 0.25) is 0 Å². The summed E-state index contributed by atoms with van der Waals surface area (Å²) >= 11 is 0. The molecule has 19 heavy (non-hydrogen) atoms. The molecule has 3 rings (SSSR count). The summed E-state index contributed by atoms with van der Waals surface area (Å²) in [6, 6.07) is 14.6. The molecule has 0 aliphatic carbocycles. The minimum absolute atomic E-state index is 0.132. The number of nitrogens with two attached hydrogens (primary N) is 1. The Morgan fingerprint density at radius 3 is 2.63 bits per heavy atom. The Morgan fingerprint density at radius 1 is 1.05 bits per heavy atom. The summed E-state index contributed by atoms with van der Waals surface area (Å²) in [5, 5.41) is 3.86. The number of nitrogens with one attached hydrogen (secondary N) is 2. The number of aromatic nitrogens is 1. The van der Waals surface area contributed by atoms with Crippen molar-refractivity contribution >= 4 is 28.2 Å². The van der Waals surface area contributed by atoms with Crippen molar-refractivity contribution in [2.75, 3.05) is 11.1 Å². The lowest BCUT2D eigenvalue weighted by Gasteiger charge is -2.05. The summed E-state index contributed by atoms with van der Waals surface area (Å²) in [5.74, 6) is -0.132. The predicted molar refractivity (Wildman–Crippen MR) is 77.1 cm³/mol. The molecule has 0 radical (unpaired) electrons. The van der Waals surface area contributed by atoms with Crippen molar-refractivity contribution in [1.82, 2.24) is 4.98 Å². The van der Waals surface area contributed by atoms with E-state index in [9.17, 15) is 4.79 Å². The number of carbonyl (C=O) groups is 1. The minimum Gasteiger partial charge on any atom is -0.399 e. The van der Waals surface area contributed by atoms with Gasteiger partial charge >= 0.3 is 0 Å². The zero-order valence-electron chi connectivity index (χ0n) is 10.2. The van der Waals surface area contributed by atoms with Crippen molar-refractivity contribution < 1.29 is 4.79 Å². The van der Waals surface area contributed by atoms with Crippen molar-refractivity contribution in [3.63, 3.8) is 0 Å². The van der Waals surface area contributed by atoms with Crippen molar-refractivity contribution in [1.29, 1.82) is 0 Å². The van der Waals surface area contributed by atoms with Crippen LogP contribution < -0.4 is 11.1 Å². The number of nitrogen functional groups attached to an aromatic ring is 1. The number of rotatable bonds is 2. The van der Waals surface area contributed by atoms with Crippen LogP contribution in [0.1, 0.15) is 10.4 Å². The molecule has 2 aromatic carbocycles. The third-order valence-corrected chi connectivity index (χ3v) is 2.98. The fraction of sp³-hybridized carbons (Fsp3) is 0. The van der Waals surface area contributed by atoms with Crippen LogP contribution in [0.3, 0.4) is 0 Å². The quantitative estimate of drug-likeness (QED) is 0.613. The van der Waals surface area contributed by atoms with E-state index in [4.69, 9.17) is 5.73 Å². The lowest BCUT2D eigenvalue weighted by molar-refractivity contribution is 0.102. The number of anilines is 2. The third kappa shape index (κ3) is 2.28. The largest absolute Gasteiger partial charge is 0.399 e. The number of fused-ring (bicyclic) bond motifs is 1. The van der Waals surface area contributed by atoms with E-state index in [2.05, 4.69) is 10.3 Å². The van der Waals surface area contributed by atoms with Gasteiger partial charge in [-0.25, -0.2) is 0 Å². The van der Waals surface area contributed by atoms with Gasteiger partial charge in [0, 0.05) is 34.0 Å². The fourth-order valence-electron chi connectivity index (χ4n) is 1.96. The van der Waals surface area contributed by atoms with Crippen LogP contribution in [0.25, 0.3) is 10.9 Å². The normalized spacial score (nSPS) is 10.5.